The van der Waals surface area contributed by atoms with E-state index in [0.717, 1.165) is 0 Å². The molecule has 0 aliphatic carbocycles. The van der Waals surface area contributed by atoms with Crippen molar-refractivity contribution in [2.24, 2.45) is 0 Å². The highest BCUT2D eigenvalue weighted by molar-refractivity contribution is 4.95. The molecule has 0 spiro atoms. The van der Waals surface area contributed by atoms with Crippen molar-refractivity contribution in [3.8, 4) is 0 Å². The standard InChI is InChI=1S/C20H38O11/c1-21-9-11-13(23-3)15(25-5)17(27-7)19(29-11)31-20-18(28-8)16(26-6)14(24-4)12(30-20)10-22-2/h11-20H,9-10H2,1-8H3/t11-,12-,13-,14-,15+,16+,17-,18-,19-,20+/m1/s1. The van der Waals surface area contributed by atoms with Crippen LogP contribution in [0.5, 0.6) is 0 Å². The van der Waals surface area contributed by atoms with Gasteiger partial charge >= 0.3 is 0 Å². The Kier molecular flexibility index (Phi) is 11.5. The summed E-state index contributed by atoms with van der Waals surface area (Å²) in [6.45, 7) is 0.569. The first-order valence-electron chi connectivity index (χ1n) is 10.2. The Labute approximate surface area is 184 Å². The SMILES string of the molecule is COC[C@H]1O[C@@H](O[C@H]2O[C@H](COC)[C@@H](OC)[C@H](OC)[C@H]2OC)[C@H](OC)[C@@H](OC)[C@@H]1OC. The molecular weight excluding hydrogens is 416 g/mol. The molecule has 184 valence electrons. The van der Waals surface area contributed by atoms with Crippen LogP contribution in [-0.2, 0) is 52.1 Å². The average Bonchev–Trinajstić information content (AvgIpc) is 2.78. The molecule has 2 heterocycles. The summed E-state index contributed by atoms with van der Waals surface area (Å²) >= 11 is 0. The predicted molar refractivity (Wildman–Crippen MR) is 107 cm³/mol. The minimum absolute atomic E-state index is 0.284. The first kappa shape index (κ1) is 26.8. The second kappa shape index (κ2) is 13.3. The lowest BCUT2D eigenvalue weighted by atomic mass is 9.97. The molecule has 0 aromatic carbocycles. The van der Waals surface area contributed by atoms with E-state index in [4.69, 9.17) is 52.1 Å². The van der Waals surface area contributed by atoms with Crippen molar-refractivity contribution in [2.75, 3.05) is 70.1 Å². The molecular formula is C20H38O11. The molecule has 0 amide bonds. The molecule has 0 aromatic rings. The highest BCUT2D eigenvalue weighted by Gasteiger charge is 2.52. The Bertz CT molecular complexity index is 454. The van der Waals surface area contributed by atoms with Gasteiger partial charge in [-0.25, -0.2) is 0 Å². The Morgan fingerprint density at radius 1 is 0.452 bits per heavy atom. The third-order valence-electron chi connectivity index (χ3n) is 5.75. The van der Waals surface area contributed by atoms with E-state index in [2.05, 4.69) is 0 Å². The Hall–Kier alpha value is -0.440. The molecule has 0 unspecified atom stereocenters. The molecule has 0 radical (unpaired) electrons. The molecule has 11 heteroatoms. The third-order valence-corrected chi connectivity index (χ3v) is 5.75. The van der Waals surface area contributed by atoms with Gasteiger partial charge in [-0.1, -0.05) is 0 Å². The highest BCUT2D eigenvalue weighted by Crippen LogP contribution is 2.33. The van der Waals surface area contributed by atoms with Crippen molar-refractivity contribution in [3.63, 3.8) is 0 Å². The molecule has 2 aliphatic rings. The normalized spacial score (nSPS) is 41.4. The molecule has 0 bridgehead atoms. The van der Waals surface area contributed by atoms with E-state index < -0.39 is 61.4 Å². The monoisotopic (exact) mass is 454 g/mol. The van der Waals surface area contributed by atoms with E-state index >= 15 is 0 Å². The molecule has 11 nitrogen and oxygen atoms in total. The summed E-state index contributed by atoms with van der Waals surface area (Å²) in [5.74, 6) is 0. The lowest BCUT2D eigenvalue weighted by Crippen LogP contribution is -2.65. The molecule has 2 fully saturated rings. The fourth-order valence-electron chi connectivity index (χ4n) is 4.31. The van der Waals surface area contributed by atoms with Gasteiger partial charge in [0, 0.05) is 56.9 Å². The van der Waals surface area contributed by atoms with Gasteiger partial charge in [-0.05, 0) is 0 Å². The quantitative estimate of drug-likeness (QED) is 0.393. The fraction of sp³-hybridized carbons (Fsp3) is 1.00. The van der Waals surface area contributed by atoms with E-state index in [1.165, 1.54) is 0 Å². The molecule has 2 rings (SSSR count). The van der Waals surface area contributed by atoms with E-state index in [-0.39, 0.29) is 13.2 Å². The lowest BCUT2D eigenvalue weighted by Gasteiger charge is -2.48. The fourth-order valence-corrected chi connectivity index (χ4v) is 4.31. The maximum absolute atomic E-state index is 6.27. The van der Waals surface area contributed by atoms with Crippen LogP contribution in [0.2, 0.25) is 0 Å². The van der Waals surface area contributed by atoms with Crippen molar-refractivity contribution >= 4 is 0 Å². The zero-order valence-electron chi connectivity index (χ0n) is 19.7. The topological polar surface area (TPSA) is 102 Å². The molecule has 0 aromatic heterocycles. The second-order valence-electron chi connectivity index (χ2n) is 7.33. The Balaban J connectivity index is 2.28. The van der Waals surface area contributed by atoms with Gasteiger partial charge in [-0.2, -0.15) is 0 Å². The largest absolute Gasteiger partial charge is 0.382 e. The van der Waals surface area contributed by atoms with Gasteiger partial charge in [-0.15, -0.1) is 0 Å². The Morgan fingerprint density at radius 3 is 1.03 bits per heavy atom. The Morgan fingerprint density at radius 2 is 0.774 bits per heavy atom. The van der Waals surface area contributed by atoms with Gasteiger partial charge in [0.15, 0.2) is 12.6 Å². The van der Waals surface area contributed by atoms with Gasteiger partial charge in [0.1, 0.15) is 48.8 Å². The van der Waals surface area contributed by atoms with Crippen molar-refractivity contribution in [1.82, 2.24) is 0 Å². The second-order valence-corrected chi connectivity index (χ2v) is 7.33. The van der Waals surface area contributed by atoms with Crippen LogP contribution in [0.25, 0.3) is 0 Å². The van der Waals surface area contributed by atoms with Crippen molar-refractivity contribution in [2.45, 2.75) is 61.4 Å². The summed E-state index contributed by atoms with van der Waals surface area (Å²) in [4.78, 5) is 0. The molecule has 10 atom stereocenters. The first-order valence-corrected chi connectivity index (χ1v) is 10.2. The smallest absolute Gasteiger partial charge is 0.190 e. The molecule has 31 heavy (non-hydrogen) atoms. The molecule has 2 aliphatic heterocycles. The summed E-state index contributed by atoms with van der Waals surface area (Å²) in [5.41, 5.74) is 0. The minimum atomic E-state index is -0.844. The third kappa shape index (κ3) is 5.92. The van der Waals surface area contributed by atoms with Gasteiger partial charge in [0.2, 0.25) is 0 Å². The molecule has 2 saturated heterocycles. The van der Waals surface area contributed by atoms with Crippen LogP contribution in [0.4, 0.5) is 0 Å². The van der Waals surface area contributed by atoms with Crippen molar-refractivity contribution in [3.05, 3.63) is 0 Å². The van der Waals surface area contributed by atoms with Gasteiger partial charge in [-0.3, -0.25) is 0 Å². The van der Waals surface area contributed by atoms with E-state index in [0.29, 0.717) is 0 Å². The summed E-state index contributed by atoms with van der Waals surface area (Å²) < 4.78 is 63.1. The van der Waals surface area contributed by atoms with Crippen LogP contribution >= 0.6 is 0 Å². The predicted octanol–water partition coefficient (Wildman–Crippen LogP) is -0.164. The van der Waals surface area contributed by atoms with Crippen LogP contribution in [0.1, 0.15) is 0 Å². The van der Waals surface area contributed by atoms with Crippen LogP contribution < -0.4 is 0 Å². The van der Waals surface area contributed by atoms with Gasteiger partial charge < -0.3 is 52.1 Å². The number of methoxy groups -OCH3 is 8. The zero-order chi connectivity index (χ0) is 23.0. The maximum atomic E-state index is 6.27. The van der Waals surface area contributed by atoms with Crippen molar-refractivity contribution in [1.29, 1.82) is 0 Å². The van der Waals surface area contributed by atoms with Gasteiger partial charge in [0.25, 0.3) is 0 Å². The summed E-state index contributed by atoms with van der Waals surface area (Å²) in [7, 11) is 12.6. The van der Waals surface area contributed by atoms with Crippen LogP contribution in [-0.4, -0.2) is 132 Å². The summed E-state index contributed by atoms with van der Waals surface area (Å²) in [5, 5.41) is 0. The highest BCUT2D eigenvalue weighted by atomic mass is 16.8. The minimum Gasteiger partial charge on any atom is -0.382 e. The number of hydrogen-bond donors (Lipinski definition) is 0. The van der Waals surface area contributed by atoms with E-state index in [1.807, 2.05) is 0 Å². The number of hydrogen-bond acceptors (Lipinski definition) is 11. The average molecular weight is 455 g/mol. The van der Waals surface area contributed by atoms with E-state index in [9.17, 15) is 0 Å². The van der Waals surface area contributed by atoms with Gasteiger partial charge in [0.05, 0.1) is 13.2 Å². The zero-order valence-corrected chi connectivity index (χ0v) is 19.7. The molecule has 0 N–H and O–H groups in total. The first-order chi connectivity index (χ1) is 15.0. The lowest BCUT2D eigenvalue weighted by molar-refractivity contribution is -0.384. The number of ether oxygens (including phenoxy) is 11. The number of rotatable bonds is 12. The maximum Gasteiger partial charge on any atom is 0.190 e. The van der Waals surface area contributed by atoms with Crippen LogP contribution in [0, 0.1) is 0 Å². The van der Waals surface area contributed by atoms with Crippen LogP contribution in [0.15, 0.2) is 0 Å². The van der Waals surface area contributed by atoms with E-state index in [1.54, 1.807) is 56.9 Å². The summed E-state index contributed by atoms with van der Waals surface area (Å²) in [6, 6.07) is 0. The van der Waals surface area contributed by atoms with Crippen LogP contribution in [0.3, 0.4) is 0 Å². The van der Waals surface area contributed by atoms with Crippen molar-refractivity contribution < 1.29 is 52.1 Å². The molecule has 0 saturated carbocycles. The summed E-state index contributed by atoms with van der Waals surface area (Å²) in [6.07, 6.45) is -5.50.